The largest absolute Gasteiger partial charge is 0.354 e. The Hall–Kier alpha value is -1.65. The predicted octanol–water partition coefficient (Wildman–Crippen LogP) is 0.457. The Labute approximate surface area is 60.2 Å². The van der Waals surface area contributed by atoms with Crippen LogP contribution in [0.25, 0.3) is 11.0 Å². The predicted molar refractivity (Wildman–Crippen MR) is 36.9 cm³/mol. The maximum Gasteiger partial charge on any atom is 0.354 e. The van der Waals surface area contributed by atoms with E-state index in [4.69, 9.17) is 0 Å². The van der Waals surface area contributed by atoms with Gasteiger partial charge in [-0.15, -0.1) is 4.79 Å². The fourth-order valence-electron chi connectivity index (χ4n) is 0.928. The molecule has 0 unspecified atom stereocenters. The van der Waals surface area contributed by atoms with Gasteiger partial charge in [-0.3, -0.25) is 4.98 Å². The molecule has 0 aliphatic heterocycles. The Balaban J connectivity index is 3.04. The van der Waals surface area contributed by atoms with E-state index in [1.54, 1.807) is 0 Å². The van der Waals surface area contributed by atoms with Crippen molar-refractivity contribution in [3.05, 3.63) is 28.9 Å². The summed E-state index contributed by atoms with van der Waals surface area (Å²) in [6.45, 7) is 0. The smallest absolute Gasteiger partial charge is 0.302 e. The zero-order chi connectivity index (χ0) is 7.84. The summed E-state index contributed by atoms with van der Waals surface area (Å²) in [7, 11) is 0. The van der Waals surface area contributed by atoms with Crippen molar-refractivity contribution < 1.29 is 4.48 Å². The van der Waals surface area contributed by atoms with Gasteiger partial charge in [-0.05, 0) is 6.07 Å². The molecule has 2 heterocycles. The van der Waals surface area contributed by atoms with Gasteiger partial charge >= 0.3 is 5.69 Å². The molecule has 0 amide bonds. The van der Waals surface area contributed by atoms with Gasteiger partial charge in [0.2, 0.25) is 0 Å². The first-order valence-corrected chi connectivity index (χ1v) is 3.00. The second-order valence-corrected chi connectivity index (χ2v) is 2.10. The van der Waals surface area contributed by atoms with Crippen LogP contribution in [0.2, 0.25) is 0 Å². The zero-order valence-corrected chi connectivity index (χ0v) is 5.41. The van der Waals surface area contributed by atoms with Crippen LogP contribution in [0.5, 0.6) is 0 Å². The van der Waals surface area contributed by atoms with Gasteiger partial charge in [0.25, 0.3) is 0 Å². The standard InChI is InChI=1S/C6H4FN3O/c7-10-5-1-2-8-3-4(5)9-6(10)11/h1-3H,(H,9,11). The van der Waals surface area contributed by atoms with Crippen molar-refractivity contribution in [1.82, 2.24) is 14.8 Å². The molecule has 0 atom stereocenters. The highest BCUT2D eigenvalue weighted by atomic mass is 19.2. The molecule has 2 rings (SSSR count). The van der Waals surface area contributed by atoms with Crippen LogP contribution in [0.3, 0.4) is 0 Å². The highest BCUT2D eigenvalue weighted by molar-refractivity contribution is 5.73. The van der Waals surface area contributed by atoms with Gasteiger partial charge in [-0.1, -0.05) is 4.48 Å². The molecule has 2 aromatic rings. The minimum atomic E-state index is -0.770. The molecule has 56 valence electrons. The van der Waals surface area contributed by atoms with Crippen LogP contribution in [0.4, 0.5) is 4.48 Å². The van der Waals surface area contributed by atoms with E-state index in [1.807, 2.05) is 0 Å². The Morgan fingerprint density at radius 3 is 3.18 bits per heavy atom. The minimum Gasteiger partial charge on any atom is -0.302 e. The average molecular weight is 153 g/mol. The minimum absolute atomic E-state index is 0.0526. The number of nitrogens with one attached hydrogen (secondary N) is 1. The fourth-order valence-corrected chi connectivity index (χ4v) is 0.928. The van der Waals surface area contributed by atoms with Crippen LogP contribution in [-0.4, -0.2) is 14.8 Å². The van der Waals surface area contributed by atoms with E-state index in [9.17, 15) is 9.28 Å². The Bertz CT molecular complexity index is 444. The van der Waals surface area contributed by atoms with Crippen LogP contribution in [-0.2, 0) is 0 Å². The normalized spacial score (nSPS) is 10.6. The monoisotopic (exact) mass is 153 g/mol. The van der Waals surface area contributed by atoms with E-state index < -0.39 is 5.69 Å². The third-order valence-corrected chi connectivity index (χ3v) is 1.43. The second-order valence-electron chi connectivity index (χ2n) is 2.10. The summed E-state index contributed by atoms with van der Waals surface area (Å²) in [4.78, 5) is 16.7. The number of H-pyrrole nitrogens is 1. The fraction of sp³-hybridized carbons (Fsp3) is 0. The van der Waals surface area contributed by atoms with Crippen LogP contribution >= 0.6 is 0 Å². The maximum atomic E-state index is 12.7. The van der Waals surface area contributed by atoms with E-state index in [1.165, 1.54) is 18.5 Å². The van der Waals surface area contributed by atoms with E-state index in [-0.39, 0.29) is 10.3 Å². The van der Waals surface area contributed by atoms with Gasteiger partial charge in [0.05, 0.1) is 11.7 Å². The van der Waals surface area contributed by atoms with Gasteiger partial charge in [0, 0.05) is 6.20 Å². The number of pyridine rings is 1. The number of aromatic nitrogens is 3. The van der Waals surface area contributed by atoms with Gasteiger partial charge < -0.3 is 4.98 Å². The quantitative estimate of drug-likeness (QED) is 0.597. The number of nitrogens with zero attached hydrogens (tertiary/aromatic N) is 2. The second kappa shape index (κ2) is 1.91. The first kappa shape index (κ1) is 6.09. The third-order valence-electron chi connectivity index (χ3n) is 1.43. The van der Waals surface area contributed by atoms with E-state index in [0.29, 0.717) is 5.52 Å². The van der Waals surface area contributed by atoms with Crippen molar-refractivity contribution in [3.63, 3.8) is 0 Å². The van der Waals surface area contributed by atoms with E-state index >= 15 is 0 Å². The molecule has 0 aromatic carbocycles. The number of fused-ring (bicyclic) bond motifs is 1. The first-order chi connectivity index (χ1) is 5.29. The molecule has 0 saturated heterocycles. The Kier molecular flexibility index (Phi) is 1.06. The van der Waals surface area contributed by atoms with Gasteiger partial charge in [0.15, 0.2) is 0 Å². The highest BCUT2D eigenvalue weighted by Gasteiger charge is 2.03. The lowest BCUT2D eigenvalue weighted by atomic mass is 10.4. The molecule has 4 nitrogen and oxygen atoms in total. The molecule has 0 bridgehead atoms. The molecular formula is C6H4FN3O. The van der Waals surface area contributed by atoms with Crippen molar-refractivity contribution in [2.75, 3.05) is 0 Å². The molecule has 0 aliphatic carbocycles. The number of hydrogen-bond donors (Lipinski definition) is 1. The lowest BCUT2D eigenvalue weighted by Crippen LogP contribution is -2.08. The lowest BCUT2D eigenvalue weighted by molar-refractivity contribution is 0.370. The molecule has 0 saturated carbocycles. The molecule has 0 fully saturated rings. The number of imidazole rings is 1. The molecule has 0 aliphatic rings. The summed E-state index contributed by atoms with van der Waals surface area (Å²) in [5.74, 6) is 0. The van der Waals surface area contributed by atoms with Crippen LogP contribution in [0.15, 0.2) is 23.3 Å². The molecule has 0 radical (unpaired) electrons. The van der Waals surface area contributed by atoms with E-state index in [2.05, 4.69) is 9.97 Å². The summed E-state index contributed by atoms with van der Waals surface area (Å²) in [5, 5.41) is 0. The van der Waals surface area contributed by atoms with Gasteiger partial charge in [-0.2, -0.15) is 0 Å². The number of rotatable bonds is 0. The summed E-state index contributed by atoms with van der Waals surface area (Å²) in [5.41, 5.74) is -0.155. The van der Waals surface area contributed by atoms with Gasteiger partial charge in [0.1, 0.15) is 5.52 Å². The molecule has 11 heavy (non-hydrogen) atoms. The van der Waals surface area contributed by atoms with E-state index in [0.717, 1.165) is 0 Å². The maximum absolute atomic E-state index is 12.7. The van der Waals surface area contributed by atoms with Crippen molar-refractivity contribution in [3.8, 4) is 0 Å². The van der Waals surface area contributed by atoms with Crippen LogP contribution in [0.1, 0.15) is 0 Å². The summed E-state index contributed by atoms with van der Waals surface area (Å²) in [6, 6.07) is 1.42. The molecular weight excluding hydrogens is 149 g/mol. The van der Waals surface area contributed by atoms with Crippen LogP contribution < -0.4 is 5.69 Å². The highest BCUT2D eigenvalue weighted by Crippen LogP contribution is 2.05. The van der Waals surface area contributed by atoms with Crippen molar-refractivity contribution in [1.29, 1.82) is 0 Å². The molecule has 5 heteroatoms. The summed E-state index contributed by atoms with van der Waals surface area (Å²) < 4.78 is 12.7. The SMILES string of the molecule is O=c1[nH]c2cnccc2n1F. The van der Waals surface area contributed by atoms with Crippen molar-refractivity contribution in [2.24, 2.45) is 0 Å². The molecule has 2 aromatic heterocycles. The summed E-state index contributed by atoms with van der Waals surface area (Å²) in [6.07, 6.45) is 2.82. The number of halogens is 1. The zero-order valence-electron chi connectivity index (χ0n) is 5.41. The third kappa shape index (κ3) is 0.739. The Morgan fingerprint density at radius 1 is 1.64 bits per heavy atom. The van der Waals surface area contributed by atoms with Crippen molar-refractivity contribution >= 4 is 11.0 Å². The van der Waals surface area contributed by atoms with Crippen molar-refractivity contribution in [2.45, 2.75) is 0 Å². The first-order valence-electron chi connectivity index (χ1n) is 3.00. The molecule has 1 N–H and O–H groups in total. The van der Waals surface area contributed by atoms with Crippen LogP contribution in [0, 0.1) is 0 Å². The number of hydrogen-bond acceptors (Lipinski definition) is 2. The number of aromatic amines is 1. The topological polar surface area (TPSA) is 50.7 Å². The Morgan fingerprint density at radius 2 is 2.45 bits per heavy atom. The molecule has 0 spiro atoms. The summed E-state index contributed by atoms with van der Waals surface area (Å²) >= 11 is 0. The average Bonchev–Trinajstić information content (AvgIpc) is 2.30. The lowest BCUT2D eigenvalue weighted by Gasteiger charge is -1.84. The van der Waals surface area contributed by atoms with Gasteiger partial charge in [-0.25, -0.2) is 4.79 Å².